The lowest BCUT2D eigenvalue weighted by Crippen LogP contribution is -2.44. The Hall–Kier alpha value is -2.84. The van der Waals surface area contributed by atoms with Crippen LogP contribution in [-0.2, 0) is 14.3 Å². The third kappa shape index (κ3) is 7.97. The van der Waals surface area contributed by atoms with Crippen LogP contribution < -0.4 is 10.6 Å². The molecule has 2 N–H and O–H groups in total. The van der Waals surface area contributed by atoms with E-state index in [0.29, 0.717) is 0 Å². The summed E-state index contributed by atoms with van der Waals surface area (Å²) in [6.07, 6.45) is -2.00. The van der Waals surface area contributed by atoms with Crippen LogP contribution in [0.3, 0.4) is 0 Å². The molecule has 0 atom stereocenters. The van der Waals surface area contributed by atoms with E-state index in [0.717, 1.165) is 17.2 Å². The highest BCUT2D eigenvalue weighted by molar-refractivity contribution is 5.96. The van der Waals surface area contributed by atoms with Crippen molar-refractivity contribution in [2.75, 3.05) is 13.2 Å². The van der Waals surface area contributed by atoms with Gasteiger partial charge in [-0.1, -0.05) is 24.3 Å². The number of hydrogen-bond donors (Lipinski definition) is 2. The van der Waals surface area contributed by atoms with Gasteiger partial charge in [0.15, 0.2) is 6.61 Å². The molecule has 0 aliphatic rings. The van der Waals surface area contributed by atoms with Crippen molar-refractivity contribution in [3.8, 4) is 0 Å². The Morgan fingerprint density at radius 1 is 1.21 bits per heavy atom. The number of urea groups is 1. The standard InChI is InChI=1S/C15H15F3N2O4/c1-10-4-2-3-5-11(10)6-7-13(22)24-8-12(21)20-14(23)19-9-15(16,17)18/h2-7H,8-9H2,1H3,(H2,19,20,21,23)/b7-6+. The van der Waals surface area contributed by atoms with Gasteiger partial charge in [-0.15, -0.1) is 0 Å². The zero-order chi connectivity index (χ0) is 18.2. The van der Waals surface area contributed by atoms with Crippen molar-refractivity contribution in [2.24, 2.45) is 0 Å². The van der Waals surface area contributed by atoms with E-state index in [1.54, 1.807) is 17.4 Å². The molecule has 0 aliphatic carbocycles. The summed E-state index contributed by atoms with van der Waals surface area (Å²) in [7, 11) is 0. The fourth-order valence-electron chi connectivity index (χ4n) is 1.50. The molecule has 1 aromatic rings. The lowest BCUT2D eigenvalue weighted by Gasteiger charge is -2.08. The Bertz CT molecular complexity index is 642. The number of benzene rings is 1. The maximum Gasteiger partial charge on any atom is 0.405 e. The number of hydrogen-bond acceptors (Lipinski definition) is 4. The van der Waals surface area contributed by atoms with Gasteiger partial charge in [-0.2, -0.15) is 13.2 Å². The third-order valence-corrected chi connectivity index (χ3v) is 2.64. The van der Waals surface area contributed by atoms with Crippen molar-refractivity contribution in [3.05, 3.63) is 41.5 Å². The van der Waals surface area contributed by atoms with E-state index in [-0.39, 0.29) is 0 Å². The molecule has 3 amide bonds. The van der Waals surface area contributed by atoms with Crippen molar-refractivity contribution in [2.45, 2.75) is 13.1 Å². The SMILES string of the molecule is Cc1ccccc1/C=C/C(=O)OCC(=O)NC(=O)NCC(F)(F)F. The lowest BCUT2D eigenvalue weighted by atomic mass is 10.1. The second-order valence-electron chi connectivity index (χ2n) is 4.64. The smallest absolute Gasteiger partial charge is 0.405 e. The number of halogens is 3. The van der Waals surface area contributed by atoms with Gasteiger partial charge in [0.25, 0.3) is 5.91 Å². The van der Waals surface area contributed by atoms with Crippen molar-refractivity contribution >= 4 is 24.0 Å². The molecule has 6 nitrogen and oxygen atoms in total. The van der Waals surface area contributed by atoms with E-state index in [4.69, 9.17) is 0 Å². The highest BCUT2D eigenvalue weighted by Gasteiger charge is 2.27. The number of carbonyl (C=O) groups is 3. The van der Waals surface area contributed by atoms with E-state index < -0.39 is 37.2 Å². The minimum atomic E-state index is -4.59. The third-order valence-electron chi connectivity index (χ3n) is 2.64. The number of carbonyl (C=O) groups excluding carboxylic acids is 3. The summed E-state index contributed by atoms with van der Waals surface area (Å²) < 4.78 is 40.1. The number of alkyl halides is 3. The van der Waals surface area contributed by atoms with Gasteiger partial charge in [-0.05, 0) is 24.1 Å². The normalized spacial score (nSPS) is 11.2. The first kappa shape index (κ1) is 19.2. The van der Waals surface area contributed by atoms with E-state index in [9.17, 15) is 27.6 Å². The highest BCUT2D eigenvalue weighted by atomic mass is 19.4. The average molecular weight is 344 g/mol. The van der Waals surface area contributed by atoms with Crippen LogP contribution in [0.5, 0.6) is 0 Å². The van der Waals surface area contributed by atoms with Crippen LogP contribution >= 0.6 is 0 Å². The molecule has 0 aliphatic heterocycles. The molecule has 0 aromatic heterocycles. The monoisotopic (exact) mass is 344 g/mol. The maximum atomic E-state index is 11.9. The number of nitrogens with one attached hydrogen (secondary N) is 2. The van der Waals surface area contributed by atoms with Gasteiger partial charge < -0.3 is 10.1 Å². The first-order valence-electron chi connectivity index (χ1n) is 6.72. The Labute approximate surface area is 135 Å². The van der Waals surface area contributed by atoms with Crippen LogP contribution in [0, 0.1) is 6.92 Å². The van der Waals surface area contributed by atoms with Gasteiger partial charge in [0.1, 0.15) is 6.54 Å². The van der Waals surface area contributed by atoms with Crippen LogP contribution in [0.1, 0.15) is 11.1 Å². The van der Waals surface area contributed by atoms with Crippen LogP contribution in [0.4, 0.5) is 18.0 Å². The minimum Gasteiger partial charge on any atom is -0.452 e. The molecule has 1 aromatic carbocycles. The van der Waals surface area contributed by atoms with E-state index >= 15 is 0 Å². The van der Waals surface area contributed by atoms with E-state index in [1.165, 1.54) is 11.4 Å². The fourth-order valence-corrected chi connectivity index (χ4v) is 1.50. The van der Waals surface area contributed by atoms with Crippen LogP contribution in [0.25, 0.3) is 6.08 Å². The molecule has 0 heterocycles. The van der Waals surface area contributed by atoms with Gasteiger partial charge in [-0.25, -0.2) is 9.59 Å². The highest BCUT2D eigenvalue weighted by Crippen LogP contribution is 2.12. The van der Waals surface area contributed by atoms with Crippen molar-refractivity contribution in [1.29, 1.82) is 0 Å². The van der Waals surface area contributed by atoms with Gasteiger partial charge >= 0.3 is 18.2 Å². The predicted molar refractivity (Wildman–Crippen MR) is 78.8 cm³/mol. The van der Waals surface area contributed by atoms with Gasteiger partial charge in [0.05, 0.1) is 0 Å². The van der Waals surface area contributed by atoms with Crippen LogP contribution in [0.2, 0.25) is 0 Å². The van der Waals surface area contributed by atoms with Gasteiger partial charge in [-0.3, -0.25) is 10.1 Å². The maximum absolute atomic E-state index is 11.9. The summed E-state index contributed by atoms with van der Waals surface area (Å²) in [5.74, 6) is -1.88. The Kier molecular flexibility index (Phi) is 6.97. The Morgan fingerprint density at radius 2 is 1.88 bits per heavy atom. The molecule has 0 fully saturated rings. The predicted octanol–water partition coefficient (Wildman–Crippen LogP) is 1.94. The molecule has 0 bridgehead atoms. The number of esters is 1. The Balaban J connectivity index is 2.35. The summed E-state index contributed by atoms with van der Waals surface area (Å²) in [6.45, 7) is -0.528. The molecule has 0 radical (unpaired) electrons. The lowest BCUT2D eigenvalue weighted by molar-refractivity contribution is -0.143. The minimum absolute atomic E-state index is 0.783. The summed E-state index contributed by atoms with van der Waals surface area (Å²) in [5, 5.41) is 3.04. The van der Waals surface area contributed by atoms with Crippen LogP contribution in [0.15, 0.2) is 30.3 Å². The van der Waals surface area contributed by atoms with Gasteiger partial charge in [0, 0.05) is 6.08 Å². The summed E-state index contributed by atoms with van der Waals surface area (Å²) in [4.78, 5) is 33.7. The molecule has 9 heteroatoms. The number of imide groups is 1. The molecule has 0 saturated heterocycles. The second-order valence-corrected chi connectivity index (χ2v) is 4.64. The molecule has 1 rings (SSSR count). The first-order chi connectivity index (χ1) is 11.2. The molecular weight excluding hydrogens is 329 g/mol. The number of rotatable bonds is 5. The van der Waals surface area contributed by atoms with Crippen molar-refractivity contribution in [1.82, 2.24) is 10.6 Å². The summed E-state index contributed by atoms with van der Waals surface area (Å²) >= 11 is 0. The molecule has 0 spiro atoms. The van der Waals surface area contributed by atoms with Gasteiger partial charge in [0.2, 0.25) is 0 Å². The number of ether oxygens (including phenoxy) is 1. The summed E-state index contributed by atoms with van der Waals surface area (Å²) in [6, 6.07) is 5.91. The largest absolute Gasteiger partial charge is 0.452 e. The number of aryl methyl sites for hydroxylation is 1. The quantitative estimate of drug-likeness (QED) is 0.632. The summed E-state index contributed by atoms with van der Waals surface area (Å²) in [5.41, 5.74) is 1.71. The zero-order valence-electron chi connectivity index (χ0n) is 12.6. The molecular formula is C15H15F3N2O4. The van der Waals surface area contributed by atoms with Crippen LogP contribution in [-0.4, -0.2) is 37.2 Å². The molecule has 0 saturated carbocycles. The fraction of sp³-hybridized carbons (Fsp3) is 0.267. The topological polar surface area (TPSA) is 84.5 Å². The first-order valence-corrected chi connectivity index (χ1v) is 6.72. The number of amides is 3. The van der Waals surface area contributed by atoms with Crippen molar-refractivity contribution < 1.29 is 32.3 Å². The van der Waals surface area contributed by atoms with E-state index in [1.807, 2.05) is 19.1 Å². The average Bonchev–Trinajstić information content (AvgIpc) is 2.49. The molecule has 24 heavy (non-hydrogen) atoms. The second kappa shape index (κ2) is 8.70. The zero-order valence-corrected chi connectivity index (χ0v) is 12.6. The molecule has 0 unspecified atom stereocenters. The van der Waals surface area contributed by atoms with E-state index in [2.05, 4.69) is 4.74 Å². The molecule has 130 valence electrons. The Morgan fingerprint density at radius 3 is 2.50 bits per heavy atom. The van der Waals surface area contributed by atoms with Crippen molar-refractivity contribution in [3.63, 3.8) is 0 Å².